The van der Waals surface area contributed by atoms with E-state index >= 15 is 0 Å². The molecule has 1 heterocycles. The minimum Gasteiger partial charge on any atom is -0.305 e. The van der Waals surface area contributed by atoms with Crippen LogP contribution in [0.2, 0.25) is 5.28 Å². The minimum atomic E-state index is 0.237. The molecule has 0 bridgehead atoms. The molecule has 72 valence electrons. The number of fused-ring (bicyclic) bond motifs is 1. The lowest BCUT2D eigenvalue weighted by atomic mass is 10.2. The summed E-state index contributed by atoms with van der Waals surface area (Å²) in [5.41, 5.74) is 6.53. The molecular weight excluding hydrogens is 200 g/mol. The lowest BCUT2D eigenvalue weighted by molar-refractivity contribution is 0.966. The highest BCUT2D eigenvalue weighted by Crippen LogP contribution is 2.20. The number of rotatable bonds is 2. The van der Waals surface area contributed by atoms with Gasteiger partial charge in [0.05, 0.1) is 5.52 Å². The highest BCUT2D eigenvalue weighted by atomic mass is 35.5. The Morgan fingerprint density at radius 3 is 2.79 bits per heavy atom. The quantitative estimate of drug-likeness (QED) is 0.584. The fourth-order valence-corrected chi connectivity index (χ4v) is 1.44. The molecule has 0 aliphatic heterocycles. The van der Waals surface area contributed by atoms with Crippen LogP contribution < -0.4 is 10.9 Å². The van der Waals surface area contributed by atoms with Gasteiger partial charge in [0.2, 0.25) is 5.28 Å². The molecule has 14 heavy (non-hydrogen) atoms. The van der Waals surface area contributed by atoms with Crippen LogP contribution in [0.15, 0.2) is 24.3 Å². The summed E-state index contributed by atoms with van der Waals surface area (Å²) >= 11 is 5.77. The zero-order chi connectivity index (χ0) is 9.97. The standard InChI is InChI=1S/C9H9ClN4/c1-11-14-8-6-4-2-3-5-7(6)12-9(10)13-8/h2-5,11H,1H3,(H,12,13,14). The van der Waals surface area contributed by atoms with Gasteiger partial charge in [-0.3, -0.25) is 0 Å². The van der Waals surface area contributed by atoms with Crippen LogP contribution in [0.1, 0.15) is 0 Å². The number of hydrazine groups is 1. The summed E-state index contributed by atoms with van der Waals surface area (Å²) < 4.78 is 0. The zero-order valence-corrected chi connectivity index (χ0v) is 8.34. The summed E-state index contributed by atoms with van der Waals surface area (Å²) in [5.74, 6) is 0.683. The summed E-state index contributed by atoms with van der Waals surface area (Å²) in [6, 6.07) is 7.67. The van der Waals surface area contributed by atoms with Crippen molar-refractivity contribution < 1.29 is 0 Å². The monoisotopic (exact) mass is 208 g/mol. The average Bonchev–Trinajstić information content (AvgIpc) is 2.18. The van der Waals surface area contributed by atoms with Crippen molar-refractivity contribution in [1.29, 1.82) is 0 Å². The highest BCUT2D eigenvalue weighted by molar-refractivity contribution is 6.28. The van der Waals surface area contributed by atoms with Gasteiger partial charge < -0.3 is 5.43 Å². The number of anilines is 1. The summed E-state index contributed by atoms with van der Waals surface area (Å²) in [6.45, 7) is 0. The molecule has 0 aliphatic carbocycles. The number of benzene rings is 1. The first-order valence-corrected chi connectivity index (χ1v) is 4.54. The van der Waals surface area contributed by atoms with Crippen LogP contribution in [0.25, 0.3) is 10.9 Å². The van der Waals surface area contributed by atoms with Crippen LogP contribution in [0, 0.1) is 0 Å². The fourth-order valence-electron chi connectivity index (χ4n) is 1.26. The molecule has 2 N–H and O–H groups in total. The predicted molar refractivity (Wildman–Crippen MR) is 57.2 cm³/mol. The molecule has 0 amide bonds. The van der Waals surface area contributed by atoms with E-state index in [1.54, 1.807) is 7.05 Å². The van der Waals surface area contributed by atoms with Gasteiger partial charge in [-0.1, -0.05) is 12.1 Å². The van der Waals surface area contributed by atoms with Crippen molar-refractivity contribution in [2.75, 3.05) is 12.5 Å². The number of para-hydroxylation sites is 1. The molecule has 0 spiro atoms. The van der Waals surface area contributed by atoms with Gasteiger partial charge in [-0.25, -0.2) is 10.4 Å². The minimum absolute atomic E-state index is 0.237. The van der Waals surface area contributed by atoms with E-state index < -0.39 is 0 Å². The van der Waals surface area contributed by atoms with E-state index in [0.29, 0.717) is 5.82 Å². The van der Waals surface area contributed by atoms with Gasteiger partial charge in [-0.2, -0.15) is 4.98 Å². The molecule has 5 heteroatoms. The molecule has 0 saturated carbocycles. The van der Waals surface area contributed by atoms with Gasteiger partial charge >= 0.3 is 0 Å². The first-order valence-electron chi connectivity index (χ1n) is 4.16. The molecule has 0 fully saturated rings. The Balaban J connectivity index is 2.67. The molecule has 1 aromatic heterocycles. The zero-order valence-electron chi connectivity index (χ0n) is 7.58. The number of aromatic nitrogens is 2. The van der Waals surface area contributed by atoms with Crippen molar-refractivity contribution >= 4 is 28.3 Å². The van der Waals surface area contributed by atoms with E-state index in [4.69, 9.17) is 11.6 Å². The Morgan fingerprint density at radius 1 is 1.21 bits per heavy atom. The van der Waals surface area contributed by atoms with Crippen LogP contribution >= 0.6 is 11.6 Å². The summed E-state index contributed by atoms with van der Waals surface area (Å²) in [4.78, 5) is 8.18. The number of nitrogens with zero attached hydrogens (tertiary/aromatic N) is 2. The van der Waals surface area contributed by atoms with Crippen LogP contribution in [-0.4, -0.2) is 17.0 Å². The topological polar surface area (TPSA) is 49.8 Å². The van der Waals surface area contributed by atoms with Crippen molar-refractivity contribution in [3.05, 3.63) is 29.5 Å². The number of hydrogen-bond acceptors (Lipinski definition) is 4. The second kappa shape index (κ2) is 3.77. The highest BCUT2D eigenvalue weighted by Gasteiger charge is 2.04. The van der Waals surface area contributed by atoms with Gasteiger partial charge in [0.25, 0.3) is 0 Å². The largest absolute Gasteiger partial charge is 0.305 e. The molecule has 0 aliphatic rings. The van der Waals surface area contributed by atoms with E-state index in [1.165, 1.54) is 0 Å². The first-order chi connectivity index (χ1) is 6.81. The Hall–Kier alpha value is -1.39. The third-order valence-corrected chi connectivity index (χ3v) is 1.99. The van der Waals surface area contributed by atoms with E-state index in [1.807, 2.05) is 24.3 Å². The molecule has 2 aromatic rings. The second-order valence-electron chi connectivity index (χ2n) is 2.73. The summed E-state index contributed by atoms with van der Waals surface area (Å²) in [6.07, 6.45) is 0. The van der Waals surface area contributed by atoms with Crippen molar-refractivity contribution in [1.82, 2.24) is 15.4 Å². The smallest absolute Gasteiger partial charge is 0.224 e. The third-order valence-electron chi connectivity index (χ3n) is 1.82. The maximum atomic E-state index is 5.77. The van der Waals surface area contributed by atoms with Crippen molar-refractivity contribution in [3.8, 4) is 0 Å². The molecule has 2 rings (SSSR count). The van der Waals surface area contributed by atoms with E-state index in [2.05, 4.69) is 20.8 Å². The fraction of sp³-hybridized carbons (Fsp3) is 0.111. The Morgan fingerprint density at radius 2 is 2.00 bits per heavy atom. The van der Waals surface area contributed by atoms with Crippen LogP contribution in [0.3, 0.4) is 0 Å². The SMILES string of the molecule is CNNc1nc(Cl)nc2ccccc12. The van der Waals surface area contributed by atoms with Crippen molar-refractivity contribution in [2.24, 2.45) is 0 Å². The van der Waals surface area contributed by atoms with Gasteiger partial charge in [0.15, 0.2) is 5.82 Å². The Labute approximate surface area is 86.3 Å². The van der Waals surface area contributed by atoms with E-state index in [0.717, 1.165) is 10.9 Å². The number of halogens is 1. The molecule has 0 saturated heterocycles. The van der Waals surface area contributed by atoms with Crippen LogP contribution in [-0.2, 0) is 0 Å². The average molecular weight is 209 g/mol. The van der Waals surface area contributed by atoms with Crippen LogP contribution in [0.4, 0.5) is 5.82 Å². The molecule has 0 atom stereocenters. The van der Waals surface area contributed by atoms with Crippen molar-refractivity contribution in [3.63, 3.8) is 0 Å². The Kier molecular flexibility index (Phi) is 2.47. The maximum absolute atomic E-state index is 5.77. The normalized spacial score (nSPS) is 10.4. The molecule has 1 aromatic carbocycles. The summed E-state index contributed by atoms with van der Waals surface area (Å²) in [7, 11) is 1.77. The van der Waals surface area contributed by atoms with E-state index in [9.17, 15) is 0 Å². The molecular formula is C9H9ClN4. The van der Waals surface area contributed by atoms with Crippen LogP contribution in [0.5, 0.6) is 0 Å². The van der Waals surface area contributed by atoms with Crippen molar-refractivity contribution in [2.45, 2.75) is 0 Å². The second-order valence-corrected chi connectivity index (χ2v) is 3.07. The number of hydrogen-bond donors (Lipinski definition) is 2. The lowest BCUT2D eigenvalue weighted by Gasteiger charge is -2.06. The molecule has 0 unspecified atom stereocenters. The third kappa shape index (κ3) is 1.62. The lowest BCUT2D eigenvalue weighted by Crippen LogP contribution is -2.16. The van der Waals surface area contributed by atoms with E-state index in [-0.39, 0.29) is 5.28 Å². The predicted octanol–water partition coefficient (Wildman–Crippen LogP) is 1.83. The Bertz CT molecular complexity index is 458. The maximum Gasteiger partial charge on any atom is 0.224 e. The van der Waals surface area contributed by atoms with Gasteiger partial charge in [-0.05, 0) is 23.7 Å². The first kappa shape index (κ1) is 9.18. The molecule has 0 radical (unpaired) electrons. The molecule has 4 nitrogen and oxygen atoms in total. The van der Waals surface area contributed by atoms with Gasteiger partial charge in [0.1, 0.15) is 0 Å². The van der Waals surface area contributed by atoms with Gasteiger partial charge in [-0.15, -0.1) is 0 Å². The summed E-state index contributed by atoms with van der Waals surface area (Å²) in [5, 5.41) is 1.17. The number of nitrogens with one attached hydrogen (secondary N) is 2. The van der Waals surface area contributed by atoms with Gasteiger partial charge in [0, 0.05) is 12.4 Å².